The average molecular weight is 327 g/mol. The van der Waals surface area contributed by atoms with Crippen molar-refractivity contribution in [2.45, 2.75) is 32.5 Å². The summed E-state index contributed by atoms with van der Waals surface area (Å²) in [5.41, 5.74) is 2.64. The molecule has 0 saturated heterocycles. The van der Waals surface area contributed by atoms with E-state index in [2.05, 4.69) is 0 Å². The molecule has 24 heavy (non-hydrogen) atoms. The van der Waals surface area contributed by atoms with Gasteiger partial charge >= 0.3 is 0 Å². The SMILES string of the molecule is CCN(CC(O)c1ccc(C)cc1)C(=O)CC(O)c1ccccc1. The Morgan fingerprint density at radius 3 is 2.12 bits per heavy atom. The Morgan fingerprint density at radius 2 is 1.54 bits per heavy atom. The summed E-state index contributed by atoms with van der Waals surface area (Å²) in [4.78, 5) is 14.0. The standard InChI is InChI=1S/C20H25NO3/c1-3-21(14-19(23)17-11-9-15(2)10-12-17)20(24)13-18(22)16-7-5-4-6-8-16/h4-12,18-19,22-23H,3,13-14H2,1-2H3. The molecule has 0 heterocycles. The number of aryl methyl sites for hydroxylation is 1. The number of likely N-dealkylation sites (N-methyl/N-ethyl adjacent to an activating group) is 1. The van der Waals surface area contributed by atoms with E-state index >= 15 is 0 Å². The number of rotatable bonds is 7. The van der Waals surface area contributed by atoms with Crippen molar-refractivity contribution >= 4 is 5.91 Å². The van der Waals surface area contributed by atoms with Crippen LogP contribution < -0.4 is 0 Å². The number of aliphatic hydroxyl groups excluding tert-OH is 2. The molecule has 2 aromatic carbocycles. The highest BCUT2D eigenvalue weighted by Gasteiger charge is 2.20. The fraction of sp³-hybridized carbons (Fsp3) is 0.350. The van der Waals surface area contributed by atoms with Crippen LogP contribution >= 0.6 is 0 Å². The quantitative estimate of drug-likeness (QED) is 0.822. The molecule has 0 saturated carbocycles. The fourth-order valence-electron chi connectivity index (χ4n) is 2.60. The van der Waals surface area contributed by atoms with Crippen LogP contribution in [0.1, 0.15) is 42.2 Å². The Morgan fingerprint density at radius 1 is 0.958 bits per heavy atom. The number of hydrogen-bond acceptors (Lipinski definition) is 3. The fourth-order valence-corrected chi connectivity index (χ4v) is 2.60. The molecule has 0 aromatic heterocycles. The third-order valence-corrected chi connectivity index (χ3v) is 4.14. The number of benzene rings is 2. The van der Waals surface area contributed by atoms with E-state index in [0.29, 0.717) is 6.54 Å². The lowest BCUT2D eigenvalue weighted by Gasteiger charge is -2.25. The lowest BCUT2D eigenvalue weighted by Crippen LogP contribution is -2.35. The summed E-state index contributed by atoms with van der Waals surface area (Å²) in [7, 11) is 0. The average Bonchev–Trinajstić information content (AvgIpc) is 2.60. The second-order valence-electron chi connectivity index (χ2n) is 5.99. The van der Waals surface area contributed by atoms with Crippen molar-refractivity contribution in [1.29, 1.82) is 0 Å². The molecule has 0 fully saturated rings. The van der Waals surface area contributed by atoms with Gasteiger partial charge in [0.25, 0.3) is 0 Å². The second kappa shape index (κ2) is 8.62. The van der Waals surface area contributed by atoms with E-state index in [1.165, 1.54) is 0 Å². The van der Waals surface area contributed by atoms with E-state index in [9.17, 15) is 15.0 Å². The molecular formula is C20H25NO3. The van der Waals surface area contributed by atoms with Gasteiger partial charge in [-0.15, -0.1) is 0 Å². The number of aliphatic hydroxyl groups is 2. The van der Waals surface area contributed by atoms with Crippen LogP contribution in [0.4, 0.5) is 0 Å². The molecule has 2 unspecified atom stereocenters. The third-order valence-electron chi connectivity index (χ3n) is 4.14. The number of amides is 1. The van der Waals surface area contributed by atoms with Gasteiger partial charge in [0.2, 0.25) is 5.91 Å². The van der Waals surface area contributed by atoms with Crippen LogP contribution in [0.3, 0.4) is 0 Å². The molecule has 0 aliphatic carbocycles. The van der Waals surface area contributed by atoms with E-state index < -0.39 is 12.2 Å². The van der Waals surface area contributed by atoms with Gasteiger partial charge in [0.05, 0.1) is 25.2 Å². The third kappa shape index (κ3) is 4.91. The maximum Gasteiger partial charge on any atom is 0.225 e. The zero-order valence-electron chi connectivity index (χ0n) is 14.2. The molecule has 2 N–H and O–H groups in total. The highest BCUT2D eigenvalue weighted by atomic mass is 16.3. The van der Waals surface area contributed by atoms with Crippen LogP contribution in [-0.4, -0.2) is 34.1 Å². The van der Waals surface area contributed by atoms with E-state index in [-0.39, 0.29) is 18.9 Å². The number of nitrogens with zero attached hydrogens (tertiary/aromatic N) is 1. The molecule has 1 amide bonds. The first-order valence-corrected chi connectivity index (χ1v) is 8.26. The van der Waals surface area contributed by atoms with E-state index in [0.717, 1.165) is 16.7 Å². The van der Waals surface area contributed by atoms with Crippen LogP contribution in [0.5, 0.6) is 0 Å². The maximum atomic E-state index is 12.4. The minimum absolute atomic E-state index is 0.0124. The second-order valence-corrected chi connectivity index (χ2v) is 5.99. The lowest BCUT2D eigenvalue weighted by molar-refractivity contribution is -0.134. The number of carbonyl (C=O) groups is 1. The Labute approximate surface area is 143 Å². The largest absolute Gasteiger partial charge is 0.388 e. The molecule has 0 spiro atoms. The maximum absolute atomic E-state index is 12.4. The van der Waals surface area contributed by atoms with Crippen molar-refractivity contribution in [3.8, 4) is 0 Å². The highest BCUT2D eigenvalue weighted by Crippen LogP contribution is 2.19. The van der Waals surface area contributed by atoms with E-state index in [4.69, 9.17) is 0 Å². The van der Waals surface area contributed by atoms with Crippen LogP contribution in [0.15, 0.2) is 54.6 Å². The molecule has 128 valence electrons. The molecule has 2 rings (SSSR count). The molecule has 0 bridgehead atoms. The molecule has 0 radical (unpaired) electrons. The molecule has 2 atom stereocenters. The summed E-state index contributed by atoms with van der Waals surface area (Å²) in [5, 5.41) is 20.6. The predicted molar refractivity (Wildman–Crippen MR) is 94.4 cm³/mol. The minimum atomic E-state index is -0.829. The van der Waals surface area contributed by atoms with Gasteiger partial charge in [0.1, 0.15) is 0 Å². The van der Waals surface area contributed by atoms with Gasteiger partial charge in [-0.3, -0.25) is 4.79 Å². The Balaban J connectivity index is 1.97. The van der Waals surface area contributed by atoms with Crippen LogP contribution in [-0.2, 0) is 4.79 Å². The molecule has 0 aliphatic rings. The van der Waals surface area contributed by atoms with Crippen molar-refractivity contribution in [1.82, 2.24) is 4.90 Å². The summed E-state index contributed by atoms with van der Waals surface area (Å²) in [6.07, 6.45) is -1.55. The molecule has 4 nitrogen and oxygen atoms in total. The number of hydrogen-bond donors (Lipinski definition) is 2. The Kier molecular flexibility index (Phi) is 6.53. The monoisotopic (exact) mass is 327 g/mol. The first-order chi connectivity index (χ1) is 11.5. The van der Waals surface area contributed by atoms with Crippen LogP contribution in [0, 0.1) is 6.92 Å². The summed E-state index contributed by atoms with van der Waals surface area (Å²) in [6, 6.07) is 16.8. The first kappa shape index (κ1) is 18.2. The van der Waals surface area contributed by atoms with Crippen LogP contribution in [0.2, 0.25) is 0 Å². The van der Waals surface area contributed by atoms with Crippen molar-refractivity contribution in [2.75, 3.05) is 13.1 Å². The summed E-state index contributed by atoms with van der Waals surface area (Å²) in [6.45, 7) is 4.57. The van der Waals surface area contributed by atoms with Gasteiger partial charge in [0, 0.05) is 6.54 Å². The zero-order chi connectivity index (χ0) is 17.5. The van der Waals surface area contributed by atoms with Crippen molar-refractivity contribution in [3.63, 3.8) is 0 Å². The van der Waals surface area contributed by atoms with Gasteiger partial charge < -0.3 is 15.1 Å². The zero-order valence-corrected chi connectivity index (χ0v) is 14.2. The normalized spacial score (nSPS) is 13.3. The van der Waals surface area contributed by atoms with Gasteiger partial charge in [-0.2, -0.15) is 0 Å². The van der Waals surface area contributed by atoms with E-state index in [1.54, 1.807) is 17.0 Å². The highest BCUT2D eigenvalue weighted by molar-refractivity contribution is 5.77. The lowest BCUT2D eigenvalue weighted by atomic mass is 10.0. The molecule has 4 heteroatoms. The number of carbonyl (C=O) groups excluding carboxylic acids is 1. The van der Waals surface area contributed by atoms with Gasteiger partial charge in [-0.05, 0) is 25.0 Å². The summed E-state index contributed by atoms with van der Waals surface area (Å²) >= 11 is 0. The van der Waals surface area contributed by atoms with Crippen molar-refractivity contribution in [3.05, 3.63) is 71.3 Å². The minimum Gasteiger partial charge on any atom is -0.388 e. The van der Waals surface area contributed by atoms with Crippen molar-refractivity contribution < 1.29 is 15.0 Å². The van der Waals surface area contributed by atoms with Gasteiger partial charge in [-0.1, -0.05) is 60.2 Å². The van der Waals surface area contributed by atoms with Gasteiger partial charge in [0.15, 0.2) is 0 Å². The smallest absolute Gasteiger partial charge is 0.225 e. The predicted octanol–water partition coefficient (Wildman–Crippen LogP) is 3.00. The summed E-state index contributed by atoms with van der Waals surface area (Å²) < 4.78 is 0. The van der Waals surface area contributed by atoms with Gasteiger partial charge in [-0.25, -0.2) is 0 Å². The van der Waals surface area contributed by atoms with E-state index in [1.807, 2.05) is 56.3 Å². The van der Waals surface area contributed by atoms with Crippen molar-refractivity contribution in [2.24, 2.45) is 0 Å². The van der Waals surface area contributed by atoms with Crippen LogP contribution in [0.25, 0.3) is 0 Å². The topological polar surface area (TPSA) is 60.8 Å². The Bertz CT molecular complexity index is 640. The first-order valence-electron chi connectivity index (χ1n) is 8.26. The Hall–Kier alpha value is -2.17. The molecule has 2 aromatic rings. The molecule has 0 aliphatic heterocycles. The summed E-state index contributed by atoms with van der Waals surface area (Å²) in [5.74, 6) is -0.167. The molecular weight excluding hydrogens is 302 g/mol.